The lowest BCUT2D eigenvalue weighted by Crippen LogP contribution is -2.63. The molecule has 0 bridgehead atoms. The van der Waals surface area contributed by atoms with Crippen molar-refractivity contribution in [2.45, 2.75) is 486 Å². The predicted molar refractivity (Wildman–Crippen MR) is 494 cm³/mol. The van der Waals surface area contributed by atoms with Gasteiger partial charge in [-0.2, -0.15) is 0 Å². The molecule has 1 saturated carbocycles. The summed E-state index contributed by atoms with van der Waals surface area (Å²) in [5.41, 5.74) is -1.18. The van der Waals surface area contributed by atoms with Crippen molar-refractivity contribution >= 4 is 5.97 Å². The minimum Gasteiger partial charge on any atom is -0.479 e. The molecule has 13 rings (SSSR count). The Labute approximate surface area is 810 Å². The van der Waals surface area contributed by atoms with Gasteiger partial charge in [0.15, 0.2) is 81.6 Å². The summed E-state index contributed by atoms with van der Waals surface area (Å²) in [4.78, 5) is 13.4. The summed E-state index contributed by atoms with van der Waals surface area (Å²) in [7, 11) is 0. The Morgan fingerprint density at radius 1 is 0.243 bits per heavy atom. The van der Waals surface area contributed by atoms with Crippen molar-refractivity contribution in [3.8, 4) is 0 Å². The van der Waals surface area contributed by atoms with Gasteiger partial charge in [-0.25, -0.2) is 4.79 Å². The second-order valence-electron chi connectivity index (χ2n) is 44.5. The molecule has 30 unspecified atom stereocenters. The Morgan fingerprint density at radius 2 is 0.493 bits per heavy atom. The first-order valence-electron chi connectivity index (χ1n) is 52.9. The Hall–Kier alpha value is -1.77. The number of ether oxygens (including phenoxy) is 24. The maximum Gasteiger partial charge on any atom is 0.335 e. The number of carboxylic acid groups (broad SMARTS) is 1. The number of fused-ring (bicyclic) bond motifs is 1. The van der Waals surface area contributed by atoms with Crippen LogP contribution in [0, 0.1) is 136 Å². The number of aliphatic hydroxyl groups is 7. The summed E-state index contributed by atoms with van der Waals surface area (Å²) in [6.45, 7) is 60.9. The largest absolute Gasteiger partial charge is 0.479 e. The highest BCUT2D eigenvalue weighted by atomic mass is 16.8. The average molecular weight is 1950 g/mol. The van der Waals surface area contributed by atoms with E-state index in [9.17, 15) is 45.6 Å². The third-order valence-electron chi connectivity index (χ3n) is 36.7. The van der Waals surface area contributed by atoms with Crippen LogP contribution in [0.25, 0.3) is 0 Å². The van der Waals surface area contributed by atoms with Gasteiger partial charge in [-0.3, -0.25) is 0 Å². The van der Waals surface area contributed by atoms with E-state index in [-0.39, 0.29) is 169 Å². The van der Waals surface area contributed by atoms with Crippen molar-refractivity contribution in [1.82, 2.24) is 0 Å². The van der Waals surface area contributed by atoms with Crippen molar-refractivity contribution in [2.75, 3.05) is 26.6 Å². The second-order valence-corrected chi connectivity index (χ2v) is 44.5. The van der Waals surface area contributed by atoms with Gasteiger partial charge in [0.05, 0.1) is 129 Å². The standard InChI is InChI=1S/C103H180O33/c1-31-64-43(9)42(8)52(18)91(115-64)124-79-44(10)53(19)92(116-65(79)32-2)125-80-45(11)54(20)93(117-66(80)33-3)126-81-46(12)55(21)94(118-67(81)34-4)127-82-47(13)56(22)95(119-68(82)35-5)128-83-48(14)57(23)96(120-69(83)36-6)129-84-49(15)58(24)97(121-70(84)37-7)130-85-50(16)59(25)98(122-72(85)39-105)132-87-51(17)60(26)99(134-89(87)90(111)112)133-88-73(40-106)123-102(78(110)77(88)109)136-103(30)74-61(27)100(135-101(75(74)103)113-41-107)131-86-62(28)76(108)63(29)114-71(86)38-104/h42-89,91-102,104-110H,31-41H2,1-30H3,(H,111,112)/t42-,43-,44+,45+,46?,47?,48+,49+,50?,51?,52-,53-,54?,55?,56?,57?,58?,59?,60?,61?,62?,63+,64?,65?,66?,67?,68?,69?,70?,71?,72?,73?,74+,75-,76?,77+,78?,79-,80-,81-,82-,83-,84-,85-,86-,87-,88+,89?,91?,92?,93-,94+,95-,96-,97-,98+,99+,100-,101?,102-,103?/m0/s1. The predicted octanol–water partition coefficient (Wildman–Crippen LogP) is 11.9. The van der Waals surface area contributed by atoms with Gasteiger partial charge < -0.3 is 155 Å². The van der Waals surface area contributed by atoms with Gasteiger partial charge >= 0.3 is 5.97 Å². The zero-order valence-electron chi connectivity index (χ0n) is 87.2. The molecule has 0 radical (unpaired) electrons. The van der Waals surface area contributed by atoms with Crippen LogP contribution in [0.1, 0.15) is 253 Å². The number of carboxylic acids is 1. The van der Waals surface area contributed by atoms with Crippen LogP contribution in [0.4, 0.5) is 0 Å². The van der Waals surface area contributed by atoms with Crippen molar-refractivity contribution in [1.29, 1.82) is 0 Å². The molecule has 136 heavy (non-hydrogen) atoms. The molecule has 0 aromatic heterocycles. The SMILES string of the molecule is CCC1O[C@@H](O[C@@H]2C(CC)O[C@@H](O[C@@H]3C(CC)O[C@@H](O[C@@H]4C(CO)O[C@H](O[C@@H]5C(C(=O)O)O[C@@H](O[C@@H]6C(CO)O[C@@H](OC7(C)[C@@H]8C(OCO)O[C@H](O[C@@H]9C(CO)O[C@H](C)C(O)C9C)C(C)[C@H]87)C(O)[C@H]6O)C(C)C5C)C(C)C4C)C(C)[C@H]3C)C(C)[C@H]2C)C(C)C(C)[C@@H]1O[C@H]1OC(CC)[C@@H](O[C@@H]2OC(CC)[C@@H](OC3OC(CC)[C@@H](OC4OC(CC)[C@@H](C)[C@H](C)[C@@H]4C)[C@H](C)[C@@H]3C)[C@H](C)C2C)C(C)C1C. The second kappa shape index (κ2) is 47.2. The van der Waals surface area contributed by atoms with E-state index in [1.165, 1.54) is 0 Å². The summed E-state index contributed by atoms with van der Waals surface area (Å²) >= 11 is 0. The quantitative estimate of drug-likeness (QED) is 0.0273. The van der Waals surface area contributed by atoms with Gasteiger partial charge in [-0.15, -0.1) is 0 Å². The molecule has 0 amide bonds. The molecule has 13 aliphatic rings. The Balaban J connectivity index is 0.573. The van der Waals surface area contributed by atoms with E-state index in [0.29, 0.717) is 31.1 Å². The number of aliphatic hydroxyl groups excluding tert-OH is 7. The van der Waals surface area contributed by atoms with Gasteiger partial charge in [0, 0.05) is 76.9 Å². The van der Waals surface area contributed by atoms with E-state index in [1.54, 1.807) is 34.6 Å². The fraction of sp³-hybridized carbons (Fsp3) is 0.990. The molecule has 0 aromatic carbocycles. The van der Waals surface area contributed by atoms with Gasteiger partial charge in [-0.1, -0.05) is 194 Å². The monoisotopic (exact) mass is 1950 g/mol. The topological polar surface area (TPSA) is 400 Å². The zero-order chi connectivity index (χ0) is 99.5. The fourth-order valence-electron chi connectivity index (χ4n) is 25.1. The molecule has 12 heterocycles. The minimum absolute atomic E-state index is 0.00372. The highest BCUT2D eigenvalue weighted by Gasteiger charge is 2.74. The first-order valence-corrected chi connectivity index (χ1v) is 52.9. The van der Waals surface area contributed by atoms with Gasteiger partial charge in [-0.05, 0) is 118 Å². The number of hydrogen-bond donors (Lipinski definition) is 8. The lowest BCUT2D eigenvalue weighted by atomic mass is 9.78. The first kappa shape index (κ1) is 111. The van der Waals surface area contributed by atoms with Gasteiger partial charge in [0.2, 0.25) is 0 Å². The molecule has 0 spiro atoms. The molecule has 0 aromatic rings. The van der Waals surface area contributed by atoms with Crippen molar-refractivity contribution in [3.63, 3.8) is 0 Å². The first-order chi connectivity index (χ1) is 64.5. The summed E-state index contributed by atoms with van der Waals surface area (Å²) in [5.74, 6) is -4.03. The minimum atomic E-state index is -1.78. The van der Waals surface area contributed by atoms with E-state index in [2.05, 4.69) is 152 Å². The van der Waals surface area contributed by atoms with E-state index in [0.717, 1.165) is 25.7 Å². The zero-order valence-corrected chi connectivity index (χ0v) is 87.2. The van der Waals surface area contributed by atoms with E-state index < -0.39 is 222 Å². The van der Waals surface area contributed by atoms with Crippen LogP contribution in [0.15, 0.2) is 0 Å². The van der Waals surface area contributed by atoms with Crippen molar-refractivity contribution in [3.05, 3.63) is 0 Å². The van der Waals surface area contributed by atoms with Crippen molar-refractivity contribution in [2.24, 2.45) is 136 Å². The van der Waals surface area contributed by atoms with Crippen LogP contribution in [0.2, 0.25) is 0 Å². The smallest absolute Gasteiger partial charge is 0.335 e. The number of carbonyl (C=O) groups is 1. The molecule has 790 valence electrons. The third-order valence-corrected chi connectivity index (χ3v) is 36.7. The maximum atomic E-state index is 13.4. The van der Waals surface area contributed by atoms with Crippen LogP contribution in [-0.2, 0) is 118 Å². The third kappa shape index (κ3) is 22.2. The lowest BCUT2D eigenvalue weighted by molar-refractivity contribution is -0.374. The number of rotatable bonds is 35. The molecular formula is C103H180O33. The van der Waals surface area contributed by atoms with Crippen LogP contribution in [0.3, 0.4) is 0 Å². The molecular weight excluding hydrogens is 1770 g/mol. The number of aliphatic carboxylic acids is 1. The van der Waals surface area contributed by atoms with Gasteiger partial charge in [0.25, 0.3) is 0 Å². The molecule has 33 nitrogen and oxygen atoms in total. The van der Waals surface area contributed by atoms with Crippen LogP contribution in [-0.4, -0.2) is 307 Å². The fourth-order valence-corrected chi connectivity index (χ4v) is 25.1. The van der Waals surface area contributed by atoms with Crippen LogP contribution in [0.5, 0.6) is 0 Å². The number of hydrogen-bond acceptors (Lipinski definition) is 32. The van der Waals surface area contributed by atoms with Crippen LogP contribution < -0.4 is 0 Å². The molecule has 12 aliphatic heterocycles. The van der Waals surface area contributed by atoms with E-state index >= 15 is 0 Å². The van der Waals surface area contributed by atoms with Crippen molar-refractivity contribution < 1.29 is 159 Å². The summed E-state index contributed by atoms with van der Waals surface area (Å²) < 4.78 is 162. The molecule has 1 aliphatic carbocycles. The lowest BCUT2D eigenvalue weighted by Gasteiger charge is -2.53. The maximum absolute atomic E-state index is 13.4. The highest BCUT2D eigenvalue weighted by Crippen LogP contribution is 2.65. The normalized spacial score (nSPS) is 54.2. The van der Waals surface area contributed by atoms with Gasteiger partial charge in [0.1, 0.15) is 49.5 Å². The summed E-state index contributed by atoms with van der Waals surface area (Å²) in [6.07, 6.45) is -21.0. The van der Waals surface area contributed by atoms with E-state index in [1.807, 2.05) is 20.8 Å². The molecule has 8 N–H and O–H groups in total. The molecule has 33 heteroatoms. The Morgan fingerprint density at radius 3 is 0.809 bits per heavy atom. The summed E-state index contributed by atoms with van der Waals surface area (Å²) in [6, 6.07) is 0. The molecule has 12 saturated heterocycles. The average Bonchev–Trinajstić information content (AvgIpc) is 1.52. The Kier molecular flexibility index (Phi) is 38.6. The van der Waals surface area contributed by atoms with Crippen LogP contribution >= 0.6 is 0 Å². The Bertz CT molecular complexity index is 3640. The highest BCUT2D eigenvalue weighted by molar-refractivity contribution is 5.73. The van der Waals surface area contributed by atoms with E-state index in [4.69, 9.17) is 114 Å². The summed E-state index contributed by atoms with van der Waals surface area (Å²) in [5, 5.41) is 88.0. The molecule has 13 fully saturated rings. The molecule has 61 atom stereocenters.